The van der Waals surface area contributed by atoms with E-state index in [-0.39, 0.29) is 5.60 Å². The van der Waals surface area contributed by atoms with E-state index in [1.54, 1.807) is 0 Å². The predicted molar refractivity (Wildman–Crippen MR) is 79.9 cm³/mol. The first-order chi connectivity index (χ1) is 9.13. The highest BCUT2D eigenvalue weighted by atomic mass is 79.9. The zero-order valence-corrected chi connectivity index (χ0v) is 13.3. The van der Waals surface area contributed by atoms with Gasteiger partial charge in [-0.15, -0.1) is 0 Å². The van der Waals surface area contributed by atoms with Crippen molar-refractivity contribution in [3.63, 3.8) is 0 Å². The van der Waals surface area contributed by atoms with Crippen molar-refractivity contribution in [3.8, 4) is 0 Å². The van der Waals surface area contributed by atoms with Gasteiger partial charge >= 0.3 is 0 Å². The molecule has 1 heterocycles. The SMILES string of the molecule is CCCc1nc(C2(OCC)CCCC2)nc(N)c1Br. The van der Waals surface area contributed by atoms with Crippen molar-refractivity contribution in [2.24, 2.45) is 0 Å². The minimum atomic E-state index is -0.313. The van der Waals surface area contributed by atoms with Crippen LogP contribution in [0.25, 0.3) is 0 Å². The van der Waals surface area contributed by atoms with E-state index in [2.05, 4.69) is 27.8 Å². The van der Waals surface area contributed by atoms with Crippen LogP contribution in [0.15, 0.2) is 4.47 Å². The summed E-state index contributed by atoms with van der Waals surface area (Å²) in [5.74, 6) is 1.30. The second-order valence-electron chi connectivity index (χ2n) is 5.08. The lowest BCUT2D eigenvalue weighted by Gasteiger charge is -2.28. The van der Waals surface area contributed by atoms with E-state index in [4.69, 9.17) is 15.5 Å². The van der Waals surface area contributed by atoms with E-state index >= 15 is 0 Å². The number of rotatable bonds is 5. The molecule has 0 aliphatic heterocycles. The van der Waals surface area contributed by atoms with Crippen LogP contribution in [-0.4, -0.2) is 16.6 Å². The Morgan fingerprint density at radius 2 is 1.95 bits per heavy atom. The van der Waals surface area contributed by atoms with Crippen molar-refractivity contribution < 1.29 is 4.74 Å². The third-order valence-electron chi connectivity index (χ3n) is 3.67. The van der Waals surface area contributed by atoms with E-state index in [0.717, 1.165) is 41.7 Å². The second kappa shape index (κ2) is 6.18. The highest BCUT2D eigenvalue weighted by Crippen LogP contribution is 2.41. The van der Waals surface area contributed by atoms with E-state index in [0.29, 0.717) is 12.4 Å². The van der Waals surface area contributed by atoms with Gasteiger partial charge in [-0.2, -0.15) is 0 Å². The molecular formula is C14H22BrN3O. The number of aromatic nitrogens is 2. The van der Waals surface area contributed by atoms with Gasteiger partial charge < -0.3 is 10.5 Å². The summed E-state index contributed by atoms with van der Waals surface area (Å²) in [6, 6.07) is 0. The van der Waals surface area contributed by atoms with Crippen LogP contribution in [0.3, 0.4) is 0 Å². The minimum absolute atomic E-state index is 0.313. The molecule has 0 atom stereocenters. The number of ether oxygens (including phenoxy) is 1. The molecule has 0 aromatic carbocycles. The fraction of sp³-hybridized carbons (Fsp3) is 0.714. The average molecular weight is 328 g/mol. The third-order valence-corrected chi connectivity index (χ3v) is 4.54. The number of nitrogen functional groups attached to an aromatic ring is 1. The largest absolute Gasteiger partial charge is 0.383 e. The number of anilines is 1. The summed E-state index contributed by atoms with van der Waals surface area (Å²) in [4.78, 5) is 9.22. The van der Waals surface area contributed by atoms with Gasteiger partial charge in [0.05, 0.1) is 10.2 Å². The highest BCUT2D eigenvalue weighted by Gasteiger charge is 2.39. The first-order valence-corrected chi connectivity index (χ1v) is 7.88. The molecular weight excluding hydrogens is 306 g/mol. The minimum Gasteiger partial charge on any atom is -0.383 e. The maximum Gasteiger partial charge on any atom is 0.162 e. The first kappa shape index (κ1) is 14.7. The summed E-state index contributed by atoms with van der Waals surface area (Å²) >= 11 is 3.49. The van der Waals surface area contributed by atoms with Gasteiger partial charge in [-0.3, -0.25) is 0 Å². The standard InChI is InChI=1S/C14H22BrN3O/c1-3-7-10-11(15)12(16)18-13(17-10)14(19-4-2)8-5-6-9-14/h3-9H2,1-2H3,(H2,16,17,18). The van der Waals surface area contributed by atoms with Gasteiger partial charge in [-0.25, -0.2) is 9.97 Å². The summed E-state index contributed by atoms with van der Waals surface area (Å²) in [5, 5.41) is 0. The molecule has 0 unspecified atom stereocenters. The molecule has 1 aliphatic carbocycles. The van der Waals surface area contributed by atoms with Crippen LogP contribution < -0.4 is 5.73 Å². The number of halogens is 1. The van der Waals surface area contributed by atoms with Crippen LogP contribution in [0, 0.1) is 0 Å². The van der Waals surface area contributed by atoms with E-state index in [1.165, 1.54) is 12.8 Å². The number of nitrogens with zero attached hydrogens (tertiary/aromatic N) is 2. The molecule has 0 bridgehead atoms. The molecule has 4 nitrogen and oxygen atoms in total. The van der Waals surface area contributed by atoms with E-state index < -0.39 is 0 Å². The molecule has 1 aliphatic rings. The number of nitrogens with two attached hydrogens (primary N) is 1. The molecule has 19 heavy (non-hydrogen) atoms. The Kier molecular flexibility index (Phi) is 4.79. The fourth-order valence-corrected chi connectivity index (χ4v) is 3.15. The van der Waals surface area contributed by atoms with Crippen LogP contribution in [0.5, 0.6) is 0 Å². The lowest BCUT2D eigenvalue weighted by molar-refractivity contribution is -0.0457. The van der Waals surface area contributed by atoms with E-state index in [9.17, 15) is 0 Å². The Labute approximate surface area is 123 Å². The number of hydrogen-bond acceptors (Lipinski definition) is 4. The van der Waals surface area contributed by atoms with Crippen molar-refractivity contribution in [3.05, 3.63) is 16.0 Å². The lowest BCUT2D eigenvalue weighted by atomic mass is 10.0. The van der Waals surface area contributed by atoms with Crippen LogP contribution in [0.1, 0.15) is 57.5 Å². The molecule has 2 rings (SSSR count). The topological polar surface area (TPSA) is 61.0 Å². The van der Waals surface area contributed by atoms with Crippen LogP contribution in [0.2, 0.25) is 0 Å². The Morgan fingerprint density at radius 3 is 2.53 bits per heavy atom. The van der Waals surface area contributed by atoms with Gasteiger partial charge in [0, 0.05) is 6.61 Å². The lowest BCUT2D eigenvalue weighted by Crippen LogP contribution is -2.30. The van der Waals surface area contributed by atoms with Crippen molar-refractivity contribution in [1.82, 2.24) is 9.97 Å². The highest BCUT2D eigenvalue weighted by molar-refractivity contribution is 9.10. The van der Waals surface area contributed by atoms with Gasteiger partial charge in [-0.1, -0.05) is 13.3 Å². The molecule has 0 saturated heterocycles. The second-order valence-corrected chi connectivity index (χ2v) is 5.87. The first-order valence-electron chi connectivity index (χ1n) is 7.09. The quantitative estimate of drug-likeness (QED) is 0.897. The number of hydrogen-bond donors (Lipinski definition) is 1. The molecule has 0 spiro atoms. The van der Waals surface area contributed by atoms with Crippen LogP contribution in [0.4, 0.5) is 5.82 Å². The normalized spacial score (nSPS) is 17.8. The van der Waals surface area contributed by atoms with Gasteiger partial charge in [0.15, 0.2) is 5.82 Å². The monoisotopic (exact) mass is 327 g/mol. The molecule has 5 heteroatoms. The summed E-state index contributed by atoms with van der Waals surface area (Å²) in [5.41, 5.74) is 6.70. The van der Waals surface area contributed by atoms with Crippen molar-refractivity contribution in [1.29, 1.82) is 0 Å². The summed E-state index contributed by atoms with van der Waals surface area (Å²) in [6.45, 7) is 4.84. The predicted octanol–water partition coefficient (Wildman–Crippen LogP) is 3.58. The third kappa shape index (κ3) is 2.92. The van der Waals surface area contributed by atoms with Crippen molar-refractivity contribution in [2.45, 2.75) is 58.0 Å². The molecule has 0 radical (unpaired) electrons. The zero-order chi connectivity index (χ0) is 13.9. The van der Waals surface area contributed by atoms with Crippen molar-refractivity contribution >= 4 is 21.7 Å². The summed E-state index contributed by atoms with van der Waals surface area (Å²) in [7, 11) is 0. The van der Waals surface area contributed by atoms with Gasteiger partial charge in [0.1, 0.15) is 11.4 Å². The van der Waals surface area contributed by atoms with Crippen molar-refractivity contribution in [2.75, 3.05) is 12.3 Å². The molecule has 1 aromatic rings. The smallest absolute Gasteiger partial charge is 0.162 e. The molecule has 0 amide bonds. The molecule has 1 aromatic heterocycles. The Bertz CT molecular complexity index is 445. The molecule has 106 valence electrons. The van der Waals surface area contributed by atoms with Gasteiger partial charge in [-0.05, 0) is 55.0 Å². The van der Waals surface area contributed by atoms with Crippen LogP contribution >= 0.6 is 15.9 Å². The molecule has 1 saturated carbocycles. The molecule has 1 fully saturated rings. The summed E-state index contributed by atoms with van der Waals surface area (Å²) in [6.07, 6.45) is 6.27. The average Bonchev–Trinajstić information content (AvgIpc) is 2.85. The maximum absolute atomic E-state index is 6.02. The van der Waals surface area contributed by atoms with Gasteiger partial charge in [0.25, 0.3) is 0 Å². The summed E-state index contributed by atoms with van der Waals surface area (Å²) < 4.78 is 6.84. The maximum atomic E-state index is 6.02. The van der Waals surface area contributed by atoms with Crippen LogP contribution in [-0.2, 0) is 16.8 Å². The number of aryl methyl sites for hydroxylation is 1. The van der Waals surface area contributed by atoms with Gasteiger partial charge in [0.2, 0.25) is 0 Å². The Balaban J connectivity index is 2.42. The molecule has 2 N–H and O–H groups in total. The zero-order valence-electron chi connectivity index (χ0n) is 11.7. The van der Waals surface area contributed by atoms with E-state index in [1.807, 2.05) is 6.92 Å². The fourth-order valence-electron chi connectivity index (χ4n) is 2.77. The Hall–Kier alpha value is -0.680. The Morgan fingerprint density at radius 1 is 1.26 bits per heavy atom.